The van der Waals surface area contributed by atoms with Crippen molar-refractivity contribution >= 4 is 21.6 Å². The fourth-order valence-electron chi connectivity index (χ4n) is 2.00. The highest BCUT2D eigenvalue weighted by Gasteiger charge is 2.16. The molecule has 1 rings (SSSR count). The highest BCUT2D eigenvalue weighted by atomic mass is 79.9. The van der Waals surface area contributed by atoms with Crippen molar-refractivity contribution in [3.05, 3.63) is 28.2 Å². The minimum atomic E-state index is 0.301. The van der Waals surface area contributed by atoms with E-state index < -0.39 is 0 Å². The number of hydrogen-bond donors (Lipinski definition) is 1. The van der Waals surface area contributed by atoms with Crippen LogP contribution in [-0.4, -0.2) is 6.54 Å². The molecule has 1 aromatic carbocycles. The second-order valence-corrected chi connectivity index (χ2v) is 6.64. The SMILES string of the molecule is CCCCCC(C)(C)CNc1ccc(C#N)c(Br)c1. The maximum atomic E-state index is 8.89. The molecular weight excluding hydrogens is 300 g/mol. The molecule has 0 unspecified atom stereocenters. The standard InChI is InChI=1S/C16H23BrN2/c1-4-5-6-9-16(2,3)12-19-14-8-7-13(11-18)15(17)10-14/h7-8,10,19H,4-6,9,12H2,1-3H3. The van der Waals surface area contributed by atoms with Crippen molar-refractivity contribution in [3.8, 4) is 6.07 Å². The Morgan fingerprint density at radius 3 is 2.63 bits per heavy atom. The van der Waals surface area contributed by atoms with Crippen molar-refractivity contribution in [2.45, 2.75) is 46.5 Å². The van der Waals surface area contributed by atoms with Gasteiger partial charge in [0.15, 0.2) is 0 Å². The van der Waals surface area contributed by atoms with Crippen LogP contribution in [0.1, 0.15) is 52.0 Å². The average molecular weight is 323 g/mol. The molecule has 0 amide bonds. The van der Waals surface area contributed by atoms with E-state index in [1.54, 1.807) is 0 Å². The van der Waals surface area contributed by atoms with E-state index in [9.17, 15) is 0 Å². The number of nitrogens with zero attached hydrogens (tertiary/aromatic N) is 1. The molecule has 1 N–H and O–H groups in total. The fourth-order valence-corrected chi connectivity index (χ4v) is 2.47. The van der Waals surface area contributed by atoms with Gasteiger partial charge in [0, 0.05) is 16.7 Å². The van der Waals surface area contributed by atoms with Gasteiger partial charge >= 0.3 is 0 Å². The van der Waals surface area contributed by atoms with Gasteiger partial charge in [-0.1, -0.05) is 40.0 Å². The number of rotatable bonds is 7. The lowest BCUT2D eigenvalue weighted by Gasteiger charge is -2.25. The first kappa shape index (κ1) is 16.0. The minimum Gasteiger partial charge on any atom is -0.384 e. The Labute approximate surface area is 125 Å². The largest absolute Gasteiger partial charge is 0.384 e. The average Bonchev–Trinajstić information content (AvgIpc) is 2.37. The highest BCUT2D eigenvalue weighted by molar-refractivity contribution is 9.10. The summed E-state index contributed by atoms with van der Waals surface area (Å²) < 4.78 is 0.851. The molecular formula is C16H23BrN2. The molecule has 0 spiro atoms. The van der Waals surface area contributed by atoms with Gasteiger partial charge in [0.25, 0.3) is 0 Å². The lowest BCUT2D eigenvalue weighted by Crippen LogP contribution is -2.23. The monoisotopic (exact) mass is 322 g/mol. The summed E-state index contributed by atoms with van der Waals surface area (Å²) in [5.41, 5.74) is 2.04. The molecule has 2 nitrogen and oxygen atoms in total. The van der Waals surface area contributed by atoms with Gasteiger partial charge in [0.2, 0.25) is 0 Å². The van der Waals surface area contributed by atoms with E-state index in [1.165, 1.54) is 25.7 Å². The molecule has 1 aromatic rings. The van der Waals surface area contributed by atoms with E-state index >= 15 is 0 Å². The smallest absolute Gasteiger partial charge is 0.100 e. The Morgan fingerprint density at radius 1 is 1.32 bits per heavy atom. The Kier molecular flexibility index (Phi) is 6.37. The number of nitriles is 1. The molecule has 0 aromatic heterocycles. The van der Waals surface area contributed by atoms with Gasteiger partial charge in [0.05, 0.1) is 5.56 Å². The Bertz CT molecular complexity index is 447. The summed E-state index contributed by atoms with van der Waals surface area (Å²) in [6, 6.07) is 7.93. The fraction of sp³-hybridized carbons (Fsp3) is 0.562. The van der Waals surface area contributed by atoms with Gasteiger partial charge in [0.1, 0.15) is 6.07 Å². The first-order valence-electron chi connectivity index (χ1n) is 6.92. The molecule has 0 radical (unpaired) electrons. The van der Waals surface area contributed by atoms with E-state index in [4.69, 9.17) is 5.26 Å². The third-order valence-electron chi connectivity index (χ3n) is 3.32. The summed E-state index contributed by atoms with van der Waals surface area (Å²) in [7, 11) is 0. The van der Waals surface area contributed by atoms with E-state index in [0.29, 0.717) is 11.0 Å². The van der Waals surface area contributed by atoms with Crippen LogP contribution >= 0.6 is 15.9 Å². The lowest BCUT2D eigenvalue weighted by molar-refractivity contribution is 0.342. The number of benzene rings is 1. The van der Waals surface area contributed by atoms with Crippen molar-refractivity contribution in [1.82, 2.24) is 0 Å². The summed E-state index contributed by atoms with van der Waals surface area (Å²) in [5.74, 6) is 0. The molecule has 0 heterocycles. The molecule has 104 valence electrons. The van der Waals surface area contributed by atoms with Gasteiger partial charge in [-0.25, -0.2) is 0 Å². The van der Waals surface area contributed by atoms with E-state index in [1.807, 2.05) is 18.2 Å². The maximum Gasteiger partial charge on any atom is 0.100 e. The second kappa shape index (κ2) is 7.55. The van der Waals surface area contributed by atoms with Gasteiger partial charge in [-0.15, -0.1) is 0 Å². The van der Waals surface area contributed by atoms with Crippen molar-refractivity contribution < 1.29 is 0 Å². The van der Waals surface area contributed by atoms with Crippen LogP contribution in [0.2, 0.25) is 0 Å². The van der Waals surface area contributed by atoms with Crippen LogP contribution in [0.15, 0.2) is 22.7 Å². The molecule has 0 saturated heterocycles. The number of unbranched alkanes of at least 4 members (excludes halogenated alkanes) is 2. The summed E-state index contributed by atoms with van der Waals surface area (Å²) in [6.07, 6.45) is 5.12. The van der Waals surface area contributed by atoms with Crippen LogP contribution in [0.5, 0.6) is 0 Å². The molecule has 0 bridgehead atoms. The van der Waals surface area contributed by atoms with Crippen LogP contribution in [0, 0.1) is 16.7 Å². The maximum absolute atomic E-state index is 8.89. The third kappa shape index (κ3) is 5.65. The summed E-state index contributed by atoms with van der Waals surface area (Å²) in [6.45, 7) is 7.79. The van der Waals surface area contributed by atoms with Crippen LogP contribution in [-0.2, 0) is 0 Å². The van der Waals surface area contributed by atoms with E-state index in [2.05, 4.69) is 48.1 Å². The molecule has 0 aliphatic carbocycles. The molecule has 0 atom stereocenters. The van der Waals surface area contributed by atoms with Crippen molar-refractivity contribution in [2.75, 3.05) is 11.9 Å². The summed E-state index contributed by atoms with van der Waals surface area (Å²) >= 11 is 3.42. The van der Waals surface area contributed by atoms with Gasteiger partial charge < -0.3 is 5.32 Å². The zero-order valence-electron chi connectivity index (χ0n) is 12.1. The summed E-state index contributed by atoms with van der Waals surface area (Å²) in [4.78, 5) is 0. The highest BCUT2D eigenvalue weighted by Crippen LogP contribution is 2.26. The minimum absolute atomic E-state index is 0.301. The van der Waals surface area contributed by atoms with Crippen molar-refractivity contribution in [3.63, 3.8) is 0 Å². The molecule has 0 aliphatic heterocycles. The second-order valence-electron chi connectivity index (χ2n) is 5.78. The molecule has 0 aliphatic rings. The van der Waals surface area contributed by atoms with Crippen LogP contribution < -0.4 is 5.32 Å². The zero-order chi connectivity index (χ0) is 14.3. The molecule has 19 heavy (non-hydrogen) atoms. The number of anilines is 1. The Hall–Kier alpha value is -1.01. The molecule has 0 saturated carbocycles. The van der Waals surface area contributed by atoms with Gasteiger partial charge in [-0.3, -0.25) is 0 Å². The lowest BCUT2D eigenvalue weighted by atomic mass is 9.87. The Morgan fingerprint density at radius 2 is 2.05 bits per heavy atom. The number of halogens is 1. The van der Waals surface area contributed by atoms with Crippen LogP contribution in [0.25, 0.3) is 0 Å². The molecule has 0 fully saturated rings. The normalized spacial score (nSPS) is 11.1. The van der Waals surface area contributed by atoms with Crippen LogP contribution in [0.3, 0.4) is 0 Å². The predicted molar refractivity (Wildman–Crippen MR) is 85.3 cm³/mol. The topological polar surface area (TPSA) is 35.8 Å². The van der Waals surface area contributed by atoms with Crippen LogP contribution in [0.4, 0.5) is 5.69 Å². The Balaban J connectivity index is 2.52. The van der Waals surface area contributed by atoms with Crippen molar-refractivity contribution in [2.24, 2.45) is 5.41 Å². The van der Waals surface area contributed by atoms with E-state index in [-0.39, 0.29) is 0 Å². The first-order chi connectivity index (χ1) is 8.98. The first-order valence-corrected chi connectivity index (χ1v) is 7.71. The van der Waals surface area contributed by atoms with E-state index in [0.717, 1.165) is 16.7 Å². The zero-order valence-corrected chi connectivity index (χ0v) is 13.7. The number of hydrogen-bond acceptors (Lipinski definition) is 2. The summed E-state index contributed by atoms with van der Waals surface area (Å²) in [5, 5.41) is 12.4. The third-order valence-corrected chi connectivity index (χ3v) is 3.97. The molecule has 3 heteroatoms. The van der Waals surface area contributed by atoms with Crippen molar-refractivity contribution in [1.29, 1.82) is 5.26 Å². The quantitative estimate of drug-likeness (QED) is 0.688. The van der Waals surface area contributed by atoms with Gasteiger partial charge in [-0.05, 0) is 46.0 Å². The number of nitrogens with one attached hydrogen (secondary N) is 1. The predicted octanol–water partition coefficient (Wildman–Crippen LogP) is 5.34. The van der Waals surface area contributed by atoms with Gasteiger partial charge in [-0.2, -0.15) is 5.26 Å².